The van der Waals surface area contributed by atoms with Gasteiger partial charge in [-0.2, -0.15) is 0 Å². The van der Waals surface area contributed by atoms with Crippen molar-refractivity contribution in [2.45, 2.75) is 64.6 Å². The van der Waals surface area contributed by atoms with E-state index in [2.05, 4.69) is 12.2 Å². The van der Waals surface area contributed by atoms with Crippen molar-refractivity contribution in [2.75, 3.05) is 13.6 Å². The number of hydrogen-bond acceptors (Lipinski definition) is 3. The maximum atomic E-state index is 12.1. The summed E-state index contributed by atoms with van der Waals surface area (Å²) >= 11 is 0. The molecule has 1 saturated carbocycles. The molecule has 1 rings (SSSR count). The fourth-order valence-corrected chi connectivity index (χ4v) is 1.81. The highest BCUT2D eigenvalue weighted by atomic mass is 16.3. The number of aliphatic hydroxyl groups is 1. The summed E-state index contributed by atoms with van der Waals surface area (Å²) in [6.45, 7) is 8.57. The summed E-state index contributed by atoms with van der Waals surface area (Å²) in [4.78, 5) is 14.0. The lowest BCUT2D eigenvalue weighted by atomic mass is 10.0. The Morgan fingerprint density at radius 2 is 2.06 bits per heavy atom. The summed E-state index contributed by atoms with van der Waals surface area (Å²) in [5.41, 5.74) is -0.165. The summed E-state index contributed by atoms with van der Waals surface area (Å²) in [6, 6.07) is -0.204. The van der Waals surface area contributed by atoms with Gasteiger partial charge in [0, 0.05) is 12.1 Å². The van der Waals surface area contributed by atoms with Gasteiger partial charge < -0.3 is 10.4 Å². The monoisotopic (exact) mass is 256 g/mol. The molecule has 1 amide bonds. The number of rotatable bonds is 7. The van der Waals surface area contributed by atoms with Crippen LogP contribution in [-0.4, -0.2) is 47.2 Å². The summed E-state index contributed by atoms with van der Waals surface area (Å²) in [5.74, 6) is 0.488. The number of carbonyl (C=O) groups is 1. The highest BCUT2D eigenvalue weighted by molar-refractivity contribution is 5.81. The van der Waals surface area contributed by atoms with Gasteiger partial charge in [-0.25, -0.2) is 0 Å². The zero-order valence-electron chi connectivity index (χ0n) is 12.4. The first-order valence-corrected chi connectivity index (χ1v) is 6.97. The number of nitrogens with zero attached hydrogens (tertiary/aromatic N) is 1. The second-order valence-corrected chi connectivity index (χ2v) is 6.25. The Morgan fingerprint density at radius 3 is 2.50 bits per heavy atom. The van der Waals surface area contributed by atoms with E-state index in [9.17, 15) is 9.90 Å². The minimum atomic E-state index is -0.288. The minimum Gasteiger partial charge on any atom is -0.392 e. The minimum absolute atomic E-state index is 0.0346. The van der Waals surface area contributed by atoms with E-state index in [1.165, 1.54) is 0 Å². The molecule has 0 aromatic carbocycles. The van der Waals surface area contributed by atoms with Crippen LogP contribution in [0.5, 0.6) is 0 Å². The fourth-order valence-electron chi connectivity index (χ4n) is 1.81. The molecule has 0 aliphatic heterocycles. The number of nitrogens with one attached hydrogen (secondary N) is 1. The van der Waals surface area contributed by atoms with Gasteiger partial charge in [0.15, 0.2) is 0 Å². The SMILES string of the molecule is CCC(C)(C)NC(=O)C(C)N(C)CC(O)C1CC1. The lowest BCUT2D eigenvalue weighted by Crippen LogP contribution is -2.52. The van der Waals surface area contributed by atoms with Crippen LogP contribution in [0.1, 0.15) is 47.0 Å². The summed E-state index contributed by atoms with van der Waals surface area (Å²) < 4.78 is 0. The van der Waals surface area contributed by atoms with Crippen LogP contribution in [0.3, 0.4) is 0 Å². The third-order valence-electron chi connectivity index (χ3n) is 4.03. The first-order valence-electron chi connectivity index (χ1n) is 6.97. The molecule has 2 atom stereocenters. The lowest BCUT2D eigenvalue weighted by molar-refractivity contribution is -0.127. The van der Waals surface area contributed by atoms with E-state index in [0.717, 1.165) is 19.3 Å². The van der Waals surface area contributed by atoms with Crippen molar-refractivity contribution in [1.29, 1.82) is 0 Å². The quantitative estimate of drug-likeness (QED) is 0.723. The van der Waals surface area contributed by atoms with Crippen molar-refractivity contribution in [1.82, 2.24) is 10.2 Å². The highest BCUT2D eigenvalue weighted by Crippen LogP contribution is 2.32. The van der Waals surface area contributed by atoms with E-state index in [4.69, 9.17) is 0 Å². The molecule has 0 saturated heterocycles. The van der Waals surface area contributed by atoms with Gasteiger partial charge in [0.05, 0.1) is 12.1 Å². The Morgan fingerprint density at radius 1 is 1.50 bits per heavy atom. The first-order chi connectivity index (χ1) is 8.26. The molecule has 0 heterocycles. The van der Waals surface area contributed by atoms with Gasteiger partial charge in [0.25, 0.3) is 0 Å². The standard InChI is InChI=1S/C14H28N2O2/c1-6-14(3,4)15-13(18)10(2)16(5)9-12(17)11-7-8-11/h10-12,17H,6-9H2,1-5H3,(H,15,18). The average molecular weight is 256 g/mol. The van der Waals surface area contributed by atoms with E-state index < -0.39 is 0 Å². The van der Waals surface area contributed by atoms with Crippen molar-refractivity contribution in [3.63, 3.8) is 0 Å². The molecular formula is C14H28N2O2. The fraction of sp³-hybridized carbons (Fsp3) is 0.929. The van der Waals surface area contributed by atoms with Gasteiger partial charge in [-0.15, -0.1) is 0 Å². The molecule has 2 unspecified atom stereocenters. The van der Waals surface area contributed by atoms with Crippen molar-refractivity contribution in [2.24, 2.45) is 5.92 Å². The molecule has 4 heteroatoms. The van der Waals surface area contributed by atoms with Gasteiger partial charge >= 0.3 is 0 Å². The van der Waals surface area contributed by atoms with Gasteiger partial charge in [-0.05, 0) is 53.0 Å². The van der Waals surface area contributed by atoms with E-state index in [1.54, 1.807) is 0 Å². The summed E-state index contributed by atoms with van der Waals surface area (Å²) in [7, 11) is 1.90. The molecule has 1 aliphatic carbocycles. The Labute approximate surface area is 111 Å². The zero-order valence-corrected chi connectivity index (χ0v) is 12.4. The Kier molecular flexibility index (Phi) is 5.17. The van der Waals surface area contributed by atoms with Crippen LogP contribution < -0.4 is 5.32 Å². The topological polar surface area (TPSA) is 52.6 Å². The molecule has 0 radical (unpaired) electrons. The molecule has 0 spiro atoms. The smallest absolute Gasteiger partial charge is 0.237 e. The Hall–Kier alpha value is -0.610. The third kappa shape index (κ3) is 4.58. The molecule has 1 aliphatic rings. The van der Waals surface area contributed by atoms with E-state index in [-0.39, 0.29) is 23.6 Å². The number of amides is 1. The molecule has 106 valence electrons. The molecule has 0 aromatic heterocycles. The molecule has 0 bridgehead atoms. The predicted molar refractivity (Wildman–Crippen MR) is 73.3 cm³/mol. The highest BCUT2D eigenvalue weighted by Gasteiger charge is 2.32. The van der Waals surface area contributed by atoms with Crippen LogP contribution in [-0.2, 0) is 4.79 Å². The summed E-state index contributed by atoms with van der Waals surface area (Å²) in [6.07, 6.45) is 2.86. The molecule has 0 aromatic rings. The number of carbonyl (C=O) groups excluding carboxylic acids is 1. The van der Waals surface area contributed by atoms with Crippen LogP contribution in [0.4, 0.5) is 0 Å². The molecule has 1 fully saturated rings. The van der Waals surface area contributed by atoms with Crippen LogP contribution in [0, 0.1) is 5.92 Å². The van der Waals surface area contributed by atoms with Crippen LogP contribution in [0.2, 0.25) is 0 Å². The average Bonchev–Trinajstić information content (AvgIpc) is 3.10. The second kappa shape index (κ2) is 6.02. The third-order valence-corrected chi connectivity index (χ3v) is 4.03. The molecule has 2 N–H and O–H groups in total. The Balaban J connectivity index is 2.41. The second-order valence-electron chi connectivity index (χ2n) is 6.25. The van der Waals surface area contributed by atoms with E-state index in [1.807, 2.05) is 32.7 Å². The van der Waals surface area contributed by atoms with Crippen molar-refractivity contribution in [3.8, 4) is 0 Å². The van der Waals surface area contributed by atoms with Gasteiger partial charge in [-0.3, -0.25) is 9.69 Å². The number of likely N-dealkylation sites (N-methyl/N-ethyl adjacent to an activating group) is 1. The van der Waals surface area contributed by atoms with Gasteiger partial charge in [0.2, 0.25) is 5.91 Å². The van der Waals surface area contributed by atoms with Crippen LogP contribution in [0.15, 0.2) is 0 Å². The van der Waals surface area contributed by atoms with Crippen LogP contribution in [0.25, 0.3) is 0 Å². The first kappa shape index (κ1) is 15.4. The van der Waals surface area contributed by atoms with E-state index >= 15 is 0 Å². The molecular weight excluding hydrogens is 228 g/mol. The largest absolute Gasteiger partial charge is 0.392 e. The van der Waals surface area contributed by atoms with Crippen molar-refractivity contribution in [3.05, 3.63) is 0 Å². The number of hydrogen-bond donors (Lipinski definition) is 2. The van der Waals surface area contributed by atoms with Crippen molar-refractivity contribution < 1.29 is 9.90 Å². The lowest BCUT2D eigenvalue weighted by Gasteiger charge is -2.31. The number of aliphatic hydroxyl groups excluding tert-OH is 1. The maximum Gasteiger partial charge on any atom is 0.237 e. The normalized spacial score (nSPS) is 19.7. The van der Waals surface area contributed by atoms with E-state index in [0.29, 0.717) is 12.5 Å². The zero-order chi connectivity index (χ0) is 13.9. The van der Waals surface area contributed by atoms with Gasteiger partial charge in [0.1, 0.15) is 0 Å². The van der Waals surface area contributed by atoms with Gasteiger partial charge in [-0.1, -0.05) is 6.92 Å². The summed E-state index contributed by atoms with van der Waals surface area (Å²) in [5, 5.41) is 12.9. The van der Waals surface area contributed by atoms with Crippen LogP contribution >= 0.6 is 0 Å². The predicted octanol–water partition coefficient (Wildman–Crippen LogP) is 1.38. The molecule has 18 heavy (non-hydrogen) atoms. The molecule has 4 nitrogen and oxygen atoms in total. The Bertz CT molecular complexity index is 288. The van der Waals surface area contributed by atoms with Crippen molar-refractivity contribution >= 4 is 5.91 Å². The maximum absolute atomic E-state index is 12.1.